The third-order valence-electron chi connectivity index (χ3n) is 14.1. The van der Waals surface area contributed by atoms with Crippen LogP contribution in [0.15, 0.2) is 48.0 Å². The van der Waals surface area contributed by atoms with Crippen molar-refractivity contribution < 1.29 is 23.8 Å². The number of H-pyrrole nitrogens is 2. The Balaban J connectivity index is 1.28. The van der Waals surface area contributed by atoms with Gasteiger partial charge in [0.2, 0.25) is 0 Å². The number of methoxy groups -OCH3 is 3. The second-order valence-electron chi connectivity index (χ2n) is 16.3. The average molecular weight is 705 g/mol. The van der Waals surface area contributed by atoms with Crippen LogP contribution in [0.25, 0.3) is 21.8 Å². The topological polar surface area (TPSA) is 99.9 Å². The highest BCUT2D eigenvalue weighted by Gasteiger charge is 2.62. The van der Waals surface area contributed by atoms with Crippen LogP contribution in [-0.2, 0) is 37.3 Å². The fourth-order valence-electron chi connectivity index (χ4n) is 12.1. The minimum absolute atomic E-state index is 0.00289. The Labute approximate surface area is 306 Å². The fraction of sp³-hybridized carbons (Fsp3) is 0.535. The summed E-state index contributed by atoms with van der Waals surface area (Å²) < 4.78 is 17.6. The van der Waals surface area contributed by atoms with E-state index in [2.05, 4.69) is 83.1 Å². The monoisotopic (exact) mass is 704 g/mol. The van der Waals surface area contributed by atoms with Crippen molar-refractivity contribution in [1.82, 2.24) is 19.8 Å². The van der Waals surface area contributed by atoms with Crippen LogP contribution in [0.5, 0.6) is 5.75 Å². The number of benzene rings is 2. The molecule has 274 valence electrons. The summed E-state index contributed by atoms with van der Waals surface area (Å²) in [6, 6.07) is 13.2. The summed E-state index contributed by atoms with van der Waals surface area (Å²) in [6.07, 6.45) is 7.60. The van der Waals surface area contributed by atoms with Crippen LogP contribution in [0.4, 0.5) is 0 Å². The Morgan fingerprint density at radius 2 is 1.85 bits per heavy atom. The first kappa shape index (κ1) is 33.7. The summed E-state index contributed by atoms with van der Waals surface area (Å²) >= 11 is 0. The lowest BCUT2D eigenvalue weighted by molar-refractivity contribution is -0.162. The maximum Gasteiger partial charge on any atom is 0.319 e. The van der Waals surface area contributed by atoms with E-state index in [1.54, 1.807) is 14.2 Å². The van der Waals surface area contributed by atoms with Crippen LogP contribution in [0, 0.1) is 23.7 Å². The van der Waals surface area contributed by atoms with Crippen molar-refractivity contribution in [3.05, 3.63) is 76.1 Å². The highest BCUT2D eigenvalue weighted by molar-refractivity contribution is 5.93. The summed E-state index contributed by atoms with van der Waals surface area (Å²) in [5.41, 5.74) is 8.50. The number of hydrogen-bond acceptors (Lipinski definition) is 7. The van der Waals surface area contributed by atoms with E-state index >= 15 is 0 Å². The van der Waals surface area contributed by atoms with Gasteiger partial charge in [0.25, 0.3) is 0 Å². The number of fused-ring (bicyclic) bond motifs is 9. The largest absolute Gasteiger partial charge is 0.496 e. The molecule has 9 atom stereocenters. The highest BCUT2D eigenvalue weighted by atomic mass is 16.5. The molecule has 9 heteroatoms. The van der Waals surface area contributed by atoms with Crippen LogP contribution in [0.1, 0.15) is 73.5 Å². The number of esters is 2. The van der Waals surface area contributed by atoms with Crippen molar-refractivity contribution in [2.75, 3.05) is 48.0 Å². The Kier molecular flexibility index (Phi) is 8.12. The number of rotatable bonds is 5. The van der Waals surface area contributed by atoms with E-state index in [9.17, 15) is 9.59 Å². The lowest BCUT2D eigenvalue weighted by Crippen LogP contribution is -2.67. The van der Waals surface area contributed by atoms with Crippen LogP contribution >= 0.6 is 0 Å². The predicted octanol–water partition coefficient (Wildman–Crippen LogP) is 6.49. The zero-order chi connectivity index (χ0) is 36.1. The number of nitrogens with one attached hydrogen (secondary N) is 2. The number of likely N-dealkylation sites (tertiary alicyclic amines) is 1. The van der Waals surface area contributed by atoms with Crippen molar-refractivity contribution >= 4 is 33.7 Å². The molecule has 6 aliphatic rings. The van der Waals surface area contributed by atoms with Gasteiger partial charge in [0.15, 0.2) is 0 Å². The number of ether oxygens (including phenoxy) is 3. The first-order valence-corrected chi connectivity index (χ1v) is 19.3. The molecule has 2 N–H and O–H groups in total. The zero-order valence-electron chi connectivity index (χ0n) is 31.4. The van der Waals surface area contributed by atoms with Gasteiger partial charge in [-0.15, -0.1) is 0 Å². The lowest BCUT2D eigenvalue weighted by atomic mass is 9.56. The van der Waals surface area contributed by atoms with Gasteiger partial charge in [-0.2, -0.15) is 0 Å². The van der Waals surface area contributed by atoms with Gasteiger partial charge in [-0.05, 0) is 87.1 Å². The molecule has 6 heterocycles. The zero-order valence-corrected chi connectivity index (χ0v) is 31.4. The number of aromatic nitrogens is 2. The predicted molar refractivity (Wildman–Crippen MR) is 202 cm³/mol. The maximum absolute atomic E-state index is 14.2. The van der Waals surface area contributed by atoms with E-state index < -0.39 is 5.41 Å². The molecule has 4 aliphatic heterocycles. The highest BCUT2D eigenvalue weighted by Crippen LogP contribution is 2.56. The number of hydrogen-bond donors (Lipinski definition) is 2. The molecule has 3 saturated heterocycles. The Morgan fingerprint density at radius 3 is 2.60 bits per heavy atom. The SMILES string of the molecule is C/C=C1\CN(C)[C@H]2Cc3c([nH]c4ccccc34)[C@@H](c3cc4c5c([nH]c4cc3OC)[C@]3(C(=O)OC)C[C@H]4C[C@H](CC)[C@@H]3N(CC5)C4)C[C@@H]1[C@@H]2C(=O)OC. The average Bonchev–Trinajstić information content (AvgIpc) is 3.69. The van der Waals surface area contributed by atoms with E-state index in [1.165, 1.54) is 41.3 Å². The molecule has 52 heavy (non-hydrogen) atoms. The molecule has 2 aliphatic carbocycles. The number of allylic oxidation sites excluding steroid dienone is 1. The van der Waals surface area contributed by atoms with Crippen molar-refractivity contribution in [2.45, 2.75) is 75.8 Å². The van der Waals surface area contributed by atoms with Gasteiger partial charge in [-0.1, -0.05) is 43.2 Å². The van der Waals surface area contributed by atoms with Crippen LogP contribution < -0.4 is 4.74 Å². The summed E-state index contributed by atoms with van der Waals surface area (Å²) in [5, 5.41) is 2.36. The summed E-state index contributed by atoms with van der Waals surface area (Å²) in [7, 11) is 6.98. The number of piperidine rings is 3. The van der Waals surface area contributed by atoms with Gasteiger partial charge in [-0.3, -0.25) is 19.4 Å². The van der Waals surface area contributed by atoms with Crippen molar-refractivity contribution in [3.8, 4) is 5.75 Å². The first-order valence-electron chi connectivity index (χ1n) is 19.3. The van der Waals surface area contributed by atoms with Crippen LogP contribution in [-0.4, -0.2) is 91.8 Å². The lowest BCUT2D eigenvalue weighted by Gasteiger charge is -2.57. The number of para-hydroxylation sites is 1. The number of nitrogens with zero attached hydrogens (tertiary/aromatic N) is 2. The number of carbonyl (C=O) groups excluding carboxylic acids is 2. The van der Waals surface area contributed by atoms with Crippen molar-refractivity contribution in [1.29, 1.82) is 0 Å². The van der Waals surface area contributed by atoms with Gasteiger partial charge < -0.3 is 24.2 Å². The molecular formula is C43H52N4O5. The molecule has 10 rings (SSSR count). The van der Waals surface area contributed by atoms with Crippen molar-refractivity contribution in [3.63, 3.8) is 0 Å². The first-order chi connectivity index (χ1) is 25.3. The van der Waals surface area contributed by atoms with Gasteiger partial charge in [0.05, 0.1) is 27.2 Å². The Bertz CT molecular complexity index is 2110. The van der Waals surface area contributed by atoms with Gasteiger partial charge in [0, 0.05) is 82.5 Å². The molecule has 4 fully saturated rings. The van der Waals surface area contributed by atoms with Gasteiger partial charge in [0.1, 0.15) is 11.2 Å². The number of likely N-dealkylation sites (N-methyl/N-ethyl adjacent to an activating group) is 1. The molecule has 6 bridgehead atoms. The van der Waals surface area contributed by atoms with E-state index in [0.717, 1.165) is 85.2 Å². The molecular weight excluding hydrogens is 652 g/mol. The second-order valence-corrected chi connectivity index (χ2v) is 16.3. The number of carbonyl (C=O) groups is 2. The third-order valence-corrected chi connectivity index (χ3v) is 14.1. The van der Waals surface area contributed by atoms with E-state index in [0.29, 0.717) is 11.8 Å². The number of aromatic amines is 2. The van der Waals surface area contributed by atoms with Gasteiger partial charge in [-0.25, -0.2) is 0 Å². The maximum atomic E-state index is 14.2. The third kappa shape index (κ3) is 4.67. The second kappa shape index (κ2) is 12.5. The van der Waals surface area contributed by atoms with Crippen molar-refractivity contribution in [2.24, 2.45) is 23.7 Å². The Hall–Kier alpha value is -4.08. The minimum Gasteiger partial charge on any atom is -0.496 e. The molecule has 4 aromatic rings. The van der Waals surface area contributed by atoms with E-state index in [4.69, 9.17) is 14.2 Å². The summed E-state index contributed by atoms with van der Waals surface area (Å²) in [6.45, 7) is 7.17. The quantitative estimate of drug-likeness (QED) is 0.181. The molecule has 1 unspecified atom stereocenters. The Morgan fingerprint density at radius 1 is 1.02 bits per heavy atom. The van der Waals surface area contributed by atoms with E-state index in [1.807, 2.05) is 0 Å². The van der Waals surface area contributed by atoms with Gasteiger partial charge >= 0.3 is 11.9 Å². The minimum atomic E-state index is -0.725. The molecule has 1 saturated carbocycles. The molecule has 0 radical (unpaired) electrons. The summed E-state index contributed by atoms with van der Waals surface area (Å²) in [5.74, 6) is 1.10. The van der Waals surface area contributed by atoms with Crippen LogP contribution in [0.2, 0.25) is 0 Å². The molecule has 2 aromatic carbocycles. The molecule has 2 aromatic heterocycles. The molecule has 0 amide bonds. The summed E-state index contributed by atoms with van der Waals surface area (Å²) in [4.78, 5) is 40.7. The van der Waals surface area contributed by atoms with E-state index in [-0.39, 0.29) is 41.8 Å². The molecule has 9 nitrogen and oxygen atoms in total. The molecule has 0 spiro atoms. The smallest absolute Gasteiger partial charge is 0.319 e. The standard InChI is InChI=1S/C43H52N4O5/c1-7-24-15-23-20-43(42(49)52-6)39-27(13-14-47(21-23)40(24)43)29-17-30(36(50-4)19-34(29)45-39)31-16-28-25(8-2)22-46(3)35(37(28)41(48)51-5)18-32-26-11-9-10-12-33(26)44-38(31)32/h8-12,17,19,23-24,28,31,35,37,40,44-45H,7,13-16,18,20-22H2,1-6H3/b25-8+/t23-,24+,28+,31-,35+,37+,40+,43-/m1/s1. The fourth-order valence-corrected chi connectivity index (χ4v) is 12.1. The normalized spacial score (nSPS) is 33.2. The van der Waals surface area contributed by atoms with Crippen LogP contribution in [0.3, 0.4) is 0 Å².